The highest BCUT2D eigenvalue weighted by Crippen LogP contribution is 2.43. The van der Waals surface area contributed by atoms with Crippen LogP contribution in [0.5, 0.6) is 5.75 Å². The zero-order valence-corrected chi connectivity index (χ0v) is 18.8. The SMILES string of the molecule is C[C@@H](OC(=O)Nc1ccc(-c2c(C#N)c3cc(OC(F)F)ccc3n2C2CCC2)cc1)C1CC1. The van der Waals surface area contributed by atoms with Crippen LogP contribution in [0.4, 0.5) is 19.3 Å². The number of alkyl halides is 2. The Morgan fingerprint density at radius 1 is 1.15 bits per heavy atom. The Balaban J connectivity index is 1.48. The lowest BCUT2D eigenvalue weighted by molar-refractivity contribution is -0.0497. The molecular weight excluding hydrogens is 440 g/mol. The number of nitrogens with one attached hydrogen (secondary N) is 1. The van der Waals surface area contributed by atoms with Crippen molar-refractivity contribution in [3.63, 3.8) is 0 Å². The fourth-order valence-electron chi connectivity index (χ4n) is 4.58. The lowest BCUT2D eigenvalue weighted by Gasteiger charge is -2.30. The molecule has 0 spiro atoms. The molecule has 8 heteroatoms. The maximum Gasteiger partial charge on any atom is 0.411 e. The van der Waals surface area contributed by atoms with Gasteiger partial charge in [-0.3, -0.25) is 5.32 Å². The van der Waals surface area contributed by atoms with E-state index < -0.39 is 12.7 Å². The first-order chi connectivity index (χ1) is 16.4. The molecule has 0 aliphatic heterocycles. The number of fused-ring (bicyclic) bond motifs is 1. The Morgan fingerprint density at radius 2 is 1.88 bits per heavy atom. The highest BCUT2D eigenvalue weighted by molar-refractivity contribution is 5.96. The summed E-state index contributed by atoms with van der Waals surface area (Å²) in [5.41, 5.74) is 3.38. The molecule has 5 rings (SSSR count). The Morgan fingerprint density at radius 3 is 2.47 bits per heavy atom. The summed E-state index contributed by atoms with van der Waals surface area (Å²) >= 11 is 0. The molecule has 1 N–H and O–H groups in total. The number of amides is 1. The first kappa shape index (κ1) is 22.2. The van der Waals surface area contributed by atoms with Gasteiger partial charge in [-0.15, -0.1) is 0 Å². The monoisotopic (exact) mass is 465 g/mol. The van der Waals surface area contributed by atoms with Gasteiger partial charge in [-0.2, -0.15) is 14.0 Å². The van der Waals surface area contributed by atoms with Crippen LogP contribution in [0, 0.1) is 17.2 Å². The van der Waals surface area contributed by atoms with Gasteiger partial charge in [-0.1, -0.05) is 12.1 Å². The van der Waals surface area contributed by atoms with Crippen molar-refractivity contribution in [2.75, 3.05) is 5.32 Å². The first-order valence-corrected chi connectivity index (χ1v) is 11.6. The van der Waals surface area contributed by atoms with Crippen LogP contribution in [-0.4, -0.2) is 23.4 Å². The summed E-state index contributed by atoms with van der Waals surface area (Å²) in [6.45, 7) is -1.03. The zero-order chi connectivity index (χ0) is 23.8. The molecule has 0 saturated heterocycles. The van der Waals surface area contributed by atoms with Crippen LogP contribution in [0.1, 0.15) is 50.6 Å². The molecule has 1 aromatic heterocycles. The summed E-state index contributed by atoms with van der Waals surface area (Å²) in [5, 5.41) is 13.4. The van der Waals surface area contributed by atoms with Gasteiger partial charge in [0.15, 0.2) is 0 Å². The number of benzene rings is 2. The van der Waals surface area contributed by atoms with E-state index in [-0.39, 0.29) is 17.9 Å². The van der Waals surface area contributed by atoms with Gasteiger partial charge in [0, 0.05) is 17.1 Å². The predicted octanol–water partition coefficient (Wildman–Crippen LogP) is 6.85. The summed E-state index contributed by atoms with van der Waals surface area (Å²) in [6.07, 6.45) is 4.67. The van der Waals surface area contributed by atoms with Crippen LogP contribution >= 0.6 is 0 Å². The highest BCUT2D eigenvalue weighted by Gasteiger charge is 2.31. The van der Waals surface area contributed by atoms with Crippen LogP contribution in [0.15, 0.2) is 42.5 Å². The van der Waals surface area contributed by atoms with E-state index in [1.54, 1.807) is 18.2 Å². The molecule has 2 saturated carbocycles. The molecule has 6 nitrogen and oxygen atoms in total. The fourth-order valence-corrected chi connectivity index (χ4v) is 4.58. The molecule has 2 aromatic carbocycles. The van der Waals surface area contributed by atoms with Gasteiger partial charge >= 0.3 is 12.7 Å². The molecule has 0 bridgehead atoms. The van der Waals surface area contributed by atoms with Gasteiger partial charge in [0.05, 0.1) is 16.8 Å². The Hall–Kier alpha value is -3.60. The summed E-state index contributed by atoms with van der Waals surface area (Å²) < 4.78 is 37.6. The Labute approximate surface area is 196 Å². The Kier molecular flexibility index (Phi) is 5.86. The lowest BCUT2D eigenvalue weighted by atomic mass is 9.92. The number of aromatic nitrogens is 1. The number of nitriles is 1. The van der Waals surface area contributed by atoms with E-state index in [0.717, 1.165) is 48.9 Å². The second kappa shape index (κ2) is 8.98. The summed E-state index contributed by atoms with van der Waals surface area (Å²) in [5.74, 6) is 0.479. The van der Waals surface area contributed by atoms with Crippen molar-refractivity contribution in [2.24, 2.45) is 5.92 Å². The van der Waals surface area contributed by atoms with Crippen LogP contribution in [0.2, 0.25) is 0 Å². The van der Waals surface area contributed by atoms with Gasteiger partial charge in [-0.25, -0.2) is 4.79 Å². The third-order valence-electron chi connectivity index (χ3n) is 6.73. The van der Waals surface area contributed by atoms with Crippen molar-refractivity contribution in [2.45, 2.75) is 57.8 Å². The standard InChI is InChI=1S/C26H25F2N3O3/c1-15(16-5-6-16)33-26(32)30-18-9-7-17(8-10-18)24-22(14-29)21-13-20(34-25(27)28)11-12-23(21)31(24)19-3-2-4-19/h7-13,15-16,19,25H,2-6H2,1H3,(H,30,32)/t15-/m1/s1. The van der Waals surface area contributed by atoms with E-state index >= 15 is 0 Å². The van der Waals surface area contributed by atoms with E-state index in [4.69, 9.17) is 4.74 Å². The lowest BCUT2D eigenvalue weighted by Crippen LogP contribution is -2.21. The smallest absolute Gasteiger partial charge is 0.411 e. The second-order valence-electron chi connectivity index (χ2n) is 9.00. The van der Waals surface area contributed by atoms with E-state index in [1.807, 2.05) is 19.1 Å². The molecule has 3 aromatic rings. The minimum absolute atomic E-state index is 0.0230. The van der Waals surface area contributed by atoms with E-state index in [0.29, 0.717) is 22.6 Å². The number of halogens is 2. The number of nitrogens with zero attached hydrogens (tertiary/aromatic N) is 2. The van der Waals surface area contributed by atoms with Crippen LogP contribution in [0.25, 0.3) is 22.2 Å². The van der Waals surface area contributed by atoms with E-state index in [1.165, 1.54) is 12.1 Å². The highest BCUT2D eigenvalue weighted by atomic mass is 19.3. The minimum atomic E-state index is -2.94. The molecule has 2 aliphatic rings. The van der Waals surface area contributed by atoms with Gasteiger partial charge in [0.2, 0.25) is 0 Å². The van der Waals surface area contributed by atoms with Crippen molar-refractivity contribution in [1.29, 1.82) is 5.26 Å². The van der Waals surface area contributed by atoms with Crippen LogP contribution < -0.4 is 10.1 Å². The summed E-state index contributed by atoms with van der Waals surface area (Å²) in [6, 6.07) is 14.5. The molecule has 34 heavy (non-hydrogen) atoms. The quantitative estimate of drug-likeness (QED) is 0.414. The minimum Gasteiger partial charge on any atom is -0.446 e. The number of anilines is 1. The fraction of sp³-hybridized carbons (Fsp3) is 0.385. The second-order valence-corrected chi connectivity index (χ2v) is 9.00. The molecule has 176 valence electrons. The van der Waals surface area contributed by atoms with E-state index in [9.17, 15) is 18.8 Å². The predicted molar refractivity (Wildman–Crippen MR) is 124 cm³/mol. The number of hydrogen-bond donors (Lipinski definition) is 1. The number of carbonyl (C=O) groups is 1. The Bertz CT molecular complexity index is 1260. The average Bonchev–Trinajstić information content (AvgIpc) is 3.57. The number of carbonyl (C=O) groups excluding carboxylic acids is 1. The van der Waals surface area contributed by atoms with Gasteiger partial charge in [0.25, 0.3) is 0 Å². The topological polar surface area (TPSA) is 76.3 Å². The largest absolute Gasteiger partial charge is 0.446 e. The van der Waals surface area contributed by atoms with Crippen LogP contribution in [-0.2, 0) is 4.74 Å². The van der Waals surface area contributed by atoms with Crippen molar-refractivity contribution >= 4 is 22.7 Å². The summed E-state index contributed by atoms with van der Waals surface area (Å²) in [7, 11) is 0. The van der Waals surface area contributed by atoms with Gasteiger partial charge < -0.3 is 14.0 Å². The van der Waals surface area contributed by atoms with Crippen molar-refractivity contribution < 1.29 is 23.0 Å². The molecule has 0 radical (unpaired) electrons. The van der Waals surface area contributed by atoms with Crippen molar-refractivity contribution in [3.8, 4) is 23.1 Å². The normalized spacial score (nSPS) is 16.7. The third kappa shape index (κ3) is 4.30. The summed E-state index contributed by atoms with van der Waals surface area (Å²) in [4.78, 5) is 12.2. The number of rotatable bonds is 7. The zero-order valence-electron chi connectivity index (χ0n) is 18.8. The van der Waals surface area contributed by atoms with Crippen molar-refractivity contribution in [3.05, 3.63) is 48.0 Å². The first-order valence-electron chi connectivity index (χ1n) is 11.6. The van der Waals surface area contributed by atoms with Gasteiger partial charge in [-0.05, 0) is 80.8 Å². The molecule has 0 unspecified atom stereocenters. The van der Waals surface area contributed by atoms with Gasteiger partial charge in [0.1, 0.15) is 17.9 Å². The average molecular weight is 466 g/mol. The molecular formula is C26H25F2N3O3. The van der Waals surface area contributed by atoms with Crippen molar-refractivity contribution in [1.82, 2.24) is 4.57 Å². The van der Waals surface area contributed by atoms with Crippen LogP contribution in [0.3, 0.4) is 0 Å². The van der Waals surface area contributed by atoms with E-state index in [2.05, 4.69) is 20.7 Å². The molecule has 2 aliphatic carbocycles. The maximum atomic E-state index is 12.8. The number of hydrogen-bond acceptors (Lipinski definition) is 4. The number of ether oxygens (including phenoxy) is 2. The third-order valence-corrected chi connectivity index (χ3v) is 6.73. The molecule has 1 amide bonds. The maximum absolute atomic E-state index is 12.8. The molecule has 1 heterocycles. The molecule has 2 fully saturated rings. The molecule has 1 atom stereocenters.